The summed E-state index contributed by atoms with van der Waals surface area (Å²) < 4.78 is 1.93. The van der Waals surface area contributed by atoms with Crippen molar-refractivity contribution < 1.29 is 4.79 Å². The molecule has 4 nitrogen and oxygen atoms in total. The zero-order chi connectivity index (χ0) is 16.2. The third-order valence-corrected chi connectivity index (χ3v) is 3.95. The molecule has 2 heterocycles. The molecule has 118 valence electrons. The fraction of sp³-hybridized carbons (Fsp3) is 0.263. The third-order valence-electron chi connectivity index (χ3n) is 3.95. The highest BCUT2D eigenvalue weighted by Gasteiger charge is 2.08. The van der Waals surface area contributed by atoms with Gasteiger partial charge in [0.15, 0.2) is 5.65 Å². The monoisotopic (exact) mass is 307 g/mol. The maximum atomic E-state index is 12.2. The van der Waals surface area contributed by atoms with E-state index in [9.17, 15) is 4.79 Å². The maximum absolute atomic E-state index is 12.2. The fourth-order valence-corrected chi connectivity index (χ4v) is 2.65. The number of nitrogens with zero attached hydrogens (tertiary/aromatic N) is 2. The van der Waals surface area contributed by atoms with Crippen molar-refractivity contribution in [1.82, 2.24) is 9.38 Å². The SMILES string of the molecule is CCc1ccc(CCC(=O)Nc2cccn3cc(C)nc23)cc1. The van der Waals surface area contributed by atoms with Gasteiger partial charge in [-0.2, -0.15) is 0 Å². The van der Waals surface area contributed by atoms with Gasteiger partial charge in [0.25, 0.3) is 0 Å². The summed E-state index contributed by atoms with van der Waals surface area (Å²) in [5, 5.41) is 2.97. The van der Waals surface area contributed by atoms with Gasteiger partial charge < -0.3 is 9.72 Å². The molecule has 0 bridgehead atoms. The van der Waals surface area contributed by atoms with Gasteiger partial charge in [0, 0.05) is 18.8 Å². The number of benzene rings is 1. The Morgan fingerprint density at radius 2 is 1.91 bits per heavy atom. The molecule has 0 aliphatic heterocycles. The number of pyridine rings is 1. The molecular formula is C19H21N3O. The first-order valence-electron chi connectivity index (χ1n) is 7.97. The van der Waals surface area contributed by atoms with Crippen LogP contribution in [0.5, 0.6) is 0 Å². The van der Waals surface area contributed by atoms with Crippen molar-refractivity contribution in [3.8, 4) is 0 Å². The van der Waals surface area contributed by atoms with Crippen LogP contribution in [0.1, 0.15) is 30.2 Å². The van der Waals surface area contributed by atoms with Gasteiger partial charge in [-0.25, -0.2) is 4.98 Å². The molecule has 2 aromatic heterocycles. The molecule has 1 aromatic carbocycles. The van der Waals surface area contributed by atoms with Crippen LogP contribution in [-0.4, -0.2) is 15.3 Å². The first kappa shape index (κ1) is 15.3. The van der Waals surface area contributed by atoms with Gasteiger partial charge in [-0.3, -0.25) is 4.79 Å². The molecule has 23 heavy (non-hydrogen) atoms. The number of anilines is 1. The van der Waals surface area contributed by atoms with Gasteiger partial charge in [-0.05, 0) is 43.0 Å². The summed E-state index contributed by atoms with van der Waals surface area (Å²) in [6, 6.07) is 12.3. The number of imidazole rings is 1. The lowest BCUT2D eigenvalue weighted by Crippen LogP contribution is -2.13. The summed E-state index contributed by atoms with van der Waals surface area (Å²) in [5.74, 6) is 0.0123. The van der Waals surface area contributed by atoms with Crippen molar-refractivity contribution in [2.45, 2.75) is 33.1 Å². The number of aryl methyl sites for hydroxylation is 3. The Morgan fingerprint density at radius 1 is 1.17 bits per heavy atom. The zero-order valence-corrected chi connectivity index (χ0v) is 13.5. The van der Waals surface area contributed by atoms with Gasteiger partial charge in [-0.15, -0.1) is 0 Å². The Bertz CT molecular complexity index is 818. The Kier molecular flexibility index (Phi) is 4.42. The highest BCUT2D eigenvalue weighted by molar-refractivity contribution is 5.94. The Hall–Kier alpha value is -2.62. The van der Waals surface area contributed by atoms with Crippen LogP contribution in [0, 0.1) is 6.92 Å². The van der Waals surface area contributed by atoms with Gasteiger partial charge in [0.05, 0.1) is 11.4 Å². The van der Waals surface area contributed by atoms with E-state index in [4.69, 9.17) is 0 Å². The Morgan fingerprint density at radius 3 is 2.65 bits per heavy atom. The lowest BCUT2D eigenvalue weighted by molar-refractivity contribution is -0.116. The Balaban J connectivity index is 1.64. The van der Waals surface area contributed by atoms with Crippen molar-refractivity contribution in [3.05, 3.63) is 65.6 Å². The smallest absolute Gasteiger partial charge is 0.224 e. The highest BCUT2D eigenvalue weighted by atomic mass is 16.1. The van der Waals surface area contributed by atoms with Gasteiger partial charge >= 0.3 is 0 Å². The normalized spacial score (nSPS) is 10.9. The summed E-state index contributed by atoms with van der Waals surface area (Å²) in [7, 11) is 0. The number of fused-ring (bicyclic) bond motifs is 1. The summed E-state index contributed by atoms with van der Waals surface area (Å²) >= 11 is 0. The number of aromatic nitrogens is 2. The molecule has 1 N–H and O–H groups in total. The Labute approximate surface area is 136 Å². The number of nitrogens with one attached hydrogen (secondary N) is 1. The second-order valence-corrected chi connectivity index (χ2v) is 5.75. The van der Waals surface area contributed by atoms with Crippen LogP contribution in [-0.2, 0) is 17.6 Å². The third kappa shape index (κ3) is 3.59. The summed E-state index contributed by atoms with van der Waals surface area (Å²) in [5.41, 5.74) is 4.98. The van der Waals surface area contributed by atoms with Crippen molar-refractivity contribution >= 4 is 17.2 Å². The maximum Gasteiger partial charge on any atom is 0.224 e. The summed E-state index contributed by atoms with van der Waals surface area (Å²) in [4.78, 5) is 16.7. The molecule has 0 saturated carbocycles. The van der Waals surface area contributed by atoms with E-state index < -0.39 is 0 Å². The molecule has 3 aromatic rings. The van der Waals surface area contributed by atoms with Crippen molar-refractivity contribution in [1.29, 1.82) is 0 Å². The van der Waals surface area contributed by atoms with Gasteiger partial charge in [0.1, 0.15) is 0 Å². The van der Waals surface area contributed by atoms with Crippen LogP contribution in [0.3, 0.4) is 0 Å². The van der Waals surface area contributed by atoms with Gasteiger partial charge in [-0.1, -0.05) is 31.2 Å². The van der Waals surface area contributed by atoms with Crippen molar-refractivity contribution in [3.63, 3.8) is 0 Å². The number of hydrogen-bond acceptors (Lipinski definition) is 2. The van der Waals surface area contributed by atoms with E-state index in [1.54, 1.807) is 0 Å². The molecule has 1 amide bonds. The van der Waals surface area contributed by atoms with Crippen LogP contribution in [0.25, 0.3) is 5.65 Å². The number of rotatable bonds is 5. The molecular weight excluding hydrogens is 286 g/mol. The topological polar surface area (TPSA) is 46.4 Å². The molecule has 0 aliphatic rings. The van der Waals surface area contributed by atoms with Crippen molar-refractivity contribution in [2.75, 3.05) is 5.32 Å². The molecule has 0 unspecified atom stereocenters. The van der Waals surface area contributed by atoms with E-state index >= 15 is 0 Å². The average molecular weight is 307 g/mol. The zero-order valence-electron chi connectivity index (χ0n) is 13.5. The van der Waals surface area contributed by atoms with E-state index in [1.807, 2.05) is 35.9 Å². The number of hydrogen-bond donors (Lipinski definition) is 1. The van der Waals surface area contributed by atoms with Crippen LogP contribution < -0.4 is 5.32 Å². The highest BCUT2D eigenvalue weighted by Crippen LogP contribution is 2.17. The van der Waals surface area contributed by atoms with E-state index in [0.717, 1.165) is 29.9 Å². The van der Waals surface area contributed by atoms with E-state index in [1.165, 1.54) is 11.1 Å². The van der Waals surface area contributed by atoms with Gasteiger partial charge in [0.2, 0.25) is 5.91 Å². The second kappa shape index (κ2) is 6.65. The number of carbonyl (C=O) groups excluding carboxylic acids is 1. The molecule has 0 aliphatic carbocycles. The summed E-state index contributed by atoms with van der Waals surface area (Å²) in [6.07, 6.45) is 6.12. The molecule has 0 fully saturated rings. The van der Waals surface area contributed by atoms with E-state index in [-0.39, 0.29) is 5.91 Å². The first-order chi connectivity index (χ1) is 11.2. The van der Waals surface area contributed by atoms with Crippen molar-refractivity contribution in [2.24, 2.45) is 0 Å². The quantitative estimate of drug-likeness (QED) is 0.780. The molecule has 0 radical (unpaired) electrons. The van der Waals surface area contributed by atoms with Crippen LogP contribution in [0.4, 0.5) is 5.69 Å². The number of carbonyl (C=O) groups is 1. The standard InChI is InChI=1S/C19H21N3O/c1-3-15-6-8-16(9-7-15)10-11-18(23)21-17-5-4-12-22-13-14(2)20-19(17)22/h4-9,12-13H,3,10-11H2,1-2H3,(H,21,23). The minimum Gasteiger partial charge on any atom is -0.323 e. The lowest BCUT2D eigenvalue weighted by Gasteiger charge is -2.07. The van der Waals surface area contributed by atoms with Crippen LogP contribution in [0.2, 0.25) is 0 Å². The minimum absolute atomic E-state index is 0.0123. The van der Waals surface area contributed by atoms with Crippen LogP contribution >= 0.6 is 0 Å². The van der Waals surface area contributed by atoms with E-state index in [2.05, 4.69) is 41.5 Å². The molecule has 0 spiro atoms. The number of amides is 1. The average Bonchev–Trinajstić information content (AvgIpc) is 2.95. The predicted octanol–water partition coefficient (Wildman–Crippen LogP) is 3.78. The second-order valence-electron chi connectivity index (χ2n) is 5.75. The summed E-state index contributed by atoms with van der Waals surface area (Å²) in [6.45, 7) is 4.08. The molecule has 0 atom stereocenters. The van der Waals surface area contributed by atoms with E-state index in [0.29, 0.717) is 6.42 Å². The molecule has 3 rings (SSSR count). The lowest BCUT2D eigenvalue weighted by atomic mass is 10.1. The molecule has 0 saturated heterocycles. The predicted molar refractivity (Wildman–Crippen MR) is 92.7 cm³/mol. The fourth-order valence-electron chi connectivity index (χ4n) is 2.65. The van der Waals surface area contributed by atoms with Crippen LogP contribution in [0.15, 0.2) is 48.8 Å². The minimum atomic E-state index is 0.0123. The molecule has 4 heteroatoms. The first-order valence-corrected chi connectivity index (χ1v) is 7.97. The largest absolute Gasteiger partial charge is 0.323 e.